The fraction of sp³-hybridized carbons (Fsp3) is 0.846. The molecule has 1 saturated heterocycles. The van der Waals surface area contributed by atoms with Gasteiger partial charge in [0.15, 0.2) is 23.8 Å². The number of hydrogen-bond donors (Lipinski definition) is 4. The van der Waals surface area contributed by atoms with Crippen LogP contribution in [0.2, 0.25) is 0 Å². The Bertz CT molecular complexity index is 1060. The second kappa shape index (κ2) is 8.69. The van der Waals surface area contributed by atoms with Crippen molar-refractivity contribution in [2.24, 2.45) is 22.7 Å². The molecule has 0 spiro atoms. The van der Waals surface area contributed by atoms with E-state index in [2.05, 4.69) is 0 Å². The topological polar surface area (TPSA) is 186 Å². The number of ketones is 1. The minimum Gasteiger partial charge on any atom is -0.462 e. The molecule has 0 radical (unpaired) electrons. The lowest BCUT2D eigenvalue weighted by Crippen LogP contribution is -2.84. The summed E-state index contributed by atoms with van der Waals surface area (Å²) in [5, 5.41) is 45.6. The van der Waals surface area contributed by atoms with Crippen molar-refractivity contribution in [1.29, 1.82) is 0 Å². The molecule has 4 rings (SSSR count). The molecule has 4 fully saturated rings. The molecule has 12 heteroatoms. The van der Waals surface area contributed by atoms with Crippen molar-refractivity contribution < 1.29 is 58.6 Å². The first-order chi connectivity index (χ1) is 17.3. The Morgan fingerprint density at radius 1 is 0.921 bits per heavy atom. The molecule has 0 aromatic heterocycles. The molecule has 1 heterocycles. The lowest BCUT2D eigenvalue weighted by atomic mass is 9.37. The van der Waals surface area contributed by atoms with Gasteiger partial charge < -0.3 is 39.4 Å². The van der Waals surface area contributed by atoms with Gasteiger partial charge in [0, 0.05) is 38.5 Å². The highest BCUT2D eigenvalue weighted by atomic mass is 16.7. The van der Waals surface area contributed by atoms with Gasteiger partial charge in [0.05, 0.1) is 0 Å². The Morgan fingerprint density at radius 3 is 2.00 bits per heavy atom. The van der Waals surface area contributed by atoms with E-state index < -0.39 is 100 Å². The summed E-state index contributed by atoms with van der Waals surface area (Å²) >= 11 is 0. The van der Waals surface area contributed by atoms with Gasteiger partial charge in [0.1, 0.15) is 29.5 Å². The molecular formula is C26H38O12. The van der Waals surface area contributed by atoms with Gasteiger partial charge in [-0.2, -0.15) is 0 Å². The van der Waals surface area contributed by atoms with Crippen LogP contribution < -0.4 is 0 Å². The van der Waals surface area contributed by atoms with Crippen LogP contribution in [0.4, 0.5) is 0 Å². The number of rotatable bonds is 3. The van der Waals surface area contributed by atoms with Crippen molar-refractivity contribution in [3.8, 4) is 0 Å². The van der Waals surface area contributed by atoms with Crippen LogP contribution in [0.1, 0.15) is 67.7 Å². The molecule has 4 aliphatic rings. The molecule has 214 valence electrons. The first-order valence-electron chi connectivity index (χ1n) is 12.8. The van der Waals surface area contributed by atoms with E-state index in [4.69, 9.17) is 18.9 Å². The Balaban J connectivity index is 2.07. The maximum atomic E-state index is 13.6. The van der Waals surface area contributed by atoms with Crippen molar-refractivity contribution in [3.05, 3.63) is 0 Å². The van der Waals surface area contributed by atoms with Gasteiger partial charge in [-0.15, -0.1) is 0 Å². The number of ether oxygens (including phenoxy) is 4. The third-order valence-corrected chi connectivity index (χ3v) is 10.0. The molecule has 4 N–H and O–H groups in total. The summed E-state index contributed by atoms with van der Waals surface area (Å²) in [6.07, 6.45) is -7.82. The van der Waals surface area contributed by atoms with Gasteiger partial charge in [0.2, 0.25) is 0 Å². The van der Waals surface area contributed by atoms with Gasteiger partial charge >= 0.3 is 17.9 Å². The average molecular weight is 543 g/mol. The summed E-state index contributed by atoms with van der Waals surface area (Å²) in [4.78, 5) is 50.7. The summed E-state index contributed by atoms with van der Waals surface area (Å²) in [5.74, 6) is -5.27. The number of esters is 3. The first kappa shape index (κ1) is 28.9. The molecule has 0 bridgehead atoms. The largest absolute Gasteiger partial charge is 0.462 e. The number of carbonyl (C=O) groups excluding carboxylic acids is 4. The molecule has 1 aliphatic heterocycles. The Hall–Kier alpha value is -2.12. The molecular weight excluding hydrogens is 504 g/mol. The zero-order valence-corrected chi connectivity index (χ0v) is 22.7. The zero-order valence-electron chi connectivity index (χ0n) is 22.7. The van der Waals surface area contributed by atoms with Crippen LogP contribution in [0, 0.1) is 22.7 Å². The summed E-state index contributed by atoms with van der Waals surface area (Å²) in [7, 11) is 0. The number of aliphatic hydroxyl groups excluding tert-OH is 2. The molecule has 0 aromatic carbocycles. The standard InChI is InChI=1S/C26H38O12/c1-11(27)35-16-8-9-22(4,5)26(34)20(37-13(3)29)18(36-12(2)28)17-14(23(16,26)6)10-15(30)25(33)19(31)21(32)38-24(17,25)7/h14,16-21,31-34H,8-10H2,1-7H3. The fourth-order valence-corrected chi connectivity index (χ4v) is 8.31. The lowest BCUT2D eigenvalue weighted by Gasteiger charge is -2.71. The summed E-state index contributed by atoms with van der Waals surface area (Å²) in [6, 6.07) is 0. The Morgan fingerprint density at radius 2 is 1.47 bits per heavy atom. The molecule has 3 aliphatic carbocycles. The minimum atomic E-state index is -2.61. The van der Waals surface area contributed by atoms with Gasteiger partial charge in [0.25, 0.3) is 0 Å². The van der Waals surface area contributed by atoms with Crippen LogP contribution in [0.3, 0.4) is 0 Å². The van der Waals surface area contributed by atoms with E-state index >= 15 is 0 Å². The highest BCUT2D eigenvalue weighted by Crippen LogP contribution is 2.70. The van der Waals surface area contributed by atoms with Crippen LogP contribution in [0.25, 0.3) is 0 Å². The summed E-state index contributed by atoms with van der Waals surface area (Å²) in [6.45, 7) is 9.89. The highest BCUT2D eigenvalue weighted by molar-refractivity contribution is 5.91. The predicted octanol–water partition coefficient (Wildman–Crippen LogP) is -0.243. The van der Waals surface area contributed by atoms with Gasteiger partial charge in [-0.3, -0.25) is 19.2 Å². The first-order valence-corrected chi connectivity index (χ1v) is 12.8. The maximum Gasteiger partial charge on any atom is 0.303 e. The fourth-order valence-electron chi connectivity index (χ4n) is 8.31. The normalized spacial score (nSPS) is 49.2. The molecule has 11 unspecified atom stereocenters. The number of fused-ring (bicyclic) bond motifs is 5. The third kappa shape index (κ3) is 3.39. The molecule has 38 heavy (non-hydrogen) atoms. The zero-order chi connectivity index (χ0) is 28.8. The smallest absolute Gasteiger partial charge is 0.303 e. The number of Topliss-reactive ketones (excluding diaryl/α,β-unsaturated/α-hetero) is 1. The van der Waals surface area contributed by atoms with Crippen molar-refractivity contribution in [3.63, 3.8) is 0 Å². The van der Waals surface area contributed by atoms with Crippen molar-refractivity contribution in [2.75, 3.05) is 0 Å². The predicted molar refractivity (Wildman–Crippen MR) is 126 cm³/mol. The number of carbonyl (C=O) groups is 4. The summed E-state index contributed by atoms with van der Waals surface area (Å²) < 4.78 is 22.9. The van der Waals surface area contributed by atoms with Crippen LogP contribution in [-0.4, -0.2) is 91.6 Å². The van der Waals surface area contributed by atoms with Gasteiger partial charge in [-0.25, -0.2) is 0 Å². The van der Waals surface area contributed by atoms with E-state index in [0.717, 1.165) is 13.8 Å². The highest BCUT2D eigenvalue weighted by Gasteiger charge is 2.83. The van der Waals surface area contributed by atoms with Gasteiger partial charge in [-0.1, -0.05) is 20.8 Å². The van der Waals surface area contributed by atoms with E-state index in [0.29, 0.717) is 12.8 Å². The van der Waals surface area contributed by atoms with Crippen LogP contribution in [-0.2, 0) is 38.1 Å². The second-order valence-corrected chi connectivity index (χ2v) is 12.3. The van der Waals surface area contributed by atoms with Crippen LogP contribution in [0.5, 0.6) is 0 Å². The number of hydrogen-bond acceptors (Lipinski definition) is 12. The number of aliphatic hydroxyl groups is 4. The Kier molecular flexibility index (Phi) is 6.60. The molecule has 12 nitrogen and oxygen atoms in total. The van der Waals surface area contributed by atoms with Crippen molar-refractivity contribution in [1.82, 2.24) is 0 Å². The van der Waals surface area contributed by atoms with E-state index in [1.807, 2.05) is 0 Å². The van der Waals surface area contributed by atoms with Gasteiger partial charge in [-0.05, 0) is 31.1 Å². The van der Waals surface area contributed by atoms with Crippen molar-refractivity contribution >= 4 is 23.7 Å². The van der Waals surface area contributed by atoms with E-state index in [1.54, 1.807) is 20.8 Å². The van der Waals surface area contributed by atoms with Crippen LogP contribution in [0.15, 0.2) is 0 Å². The summed E-state index contributed by atoms with van der Waals surface area (Å²) in [5.41, 5.74) is -9.22. The Labute approximate surface area is 220 Å². The maximum absolute atomic E-state index is 13.6. The monoisotopic (exact) mass is 542 g/mol. The van der Waals surface area contributed by atoms with Crippen molar-refractivity contribution in [2.45, 2.75) is 115 Å². The van der Waals surface area contributed by atoms with Crippen LogP contribution >= 0.6 is 0 Å². The minimum absolute atomic E-state index is 0.293. The molecule has 0 amide bonds. The second-order valence-electron chi connectivity index (χ2n) is 12.3. The van der Waals surface area contributed by atoms with E-state index in [-0.39, 0.29) is 0 Å². The average Bonchev–Trinajstić information content (AvgIpc) is 2.96. The molecule has 11 atom stereocenters. The van der Waals surface area contributed by atoms with E-state index in [1.165, 1.54) is 13.8 Å². The molecule has 0 aromatic rings. The SMILES string of the molecule is CC(=O)OC1C2C(CC(=O)C3(O)C(O)C(O)OC23C)C2(C)C(OC(C)=O)CCC(C)(C)C2(O)C1OC(C)=O. The third-order valence-electron chi connectivity index (χ3n) is 10.0. The lowest BCUT2D eigenvalue weighted by molar-refractivity contribution is -0.360. The molecule has 3 saturated carbocycles. The van der Waals surface area contributed by atoms with E-state index in [9.17, 15) is 39.6 Å². The quantitative estimate of drug-likeness (QED) is 0.271.